The second kappa shape index (κ2) is 4.28. The number of aldehydes is 1. The van der Waals surface area contributed by atoms with Crippen molar-refractivity contribution in [3.8, 4) is 11.5 Å². The van der Waals surface area contributed by atoms with Crippen LogP contribution in [0.3, 0.4) is 0 Å². The quantitative estimate of drug-likeness (QED) is 0.474. The maximum absolute atomic E-state index is 12.0. The molecule has 7 heteroatoms. The van der Waals surface area contributed by atoms with E-state index < -0.39 is 28.0 Å². The van der Waals surface area contributed by atoms with Crippen LogP contribution in [0, 0.1) is 0 Å². The van der Waals surface area contributed by atoms with Gasteiger partial charge < -0.3 is 10.4 Å². The van der Waals surface area contributed by atoms with E-state index in [-0.39, 0.29) is 11.3 Å². The van der Waals surface area contributed by atoms with Gasteiger partial charge in [0.2, 0.25) is 0 Å². The van der Waals surface area contributed by atoms with E-state index in [0.717, 1.165) is 0 Å². The molecule has 0 saturated heterocycles. The number of phenolic OH excluding ortho intramolecular Hbond substituents is 1. The highest BCUT2D eigenvalue weighted by atomic mass is 19.3. The third-order valence-electron chi connectivity index (χ3n) is 2.40. The number of hydrogen-bond donors (Lipinski definition) is 2. The molecule has 0 aliphatic heterocycles. The van der Waals surface area contributed by atoms with E-state index in [1.807, 2.05) is 0 Å². The second-order valence-electron chi connectivity index (χ2n) is 3.43. The van der Waals surface area contributed by atoms with E-state index in [4.69, 9.17) is 0 Å². The van der Waals surface area contributed by atoms with Crippen LogP contribution in [-0.4, -0.2) is 11.4 Å². The molecule has 0 aliphatic rings. The summed E-state index contributed by atoms with van der Waals surface area (Å²) in [5, 5.41) is 12.0. The molecule has 0 aliphatic carbocycles. The first-order valence-electron chi connectivity index (χ1n) is 4.76. The molecule has 2 N–H and O–H groups in total. The van der Waals surface area contributed by atoms with Crippen LogP contribution < -0.4 is 21.1 Å². The van der Waals surface area contributed by atoms with Crippen LogP contribution in [0.25, 0.3) is 0 Å². The van der Waals surface area contributed by atoms with E-state index >= 15 is 0 Å². The number of carbonyl (C=O) groups is 1. The molecular formula is C11H6FNO5. The lowest BCUT2D eigenvalue weighted by atomic mass is 10.1. The number of aromatic hydroxyl groups is 1. The van der Waals surface area contributed by atoms with Gasteiger partial charge >= 0.3 is 0 Å². The average molecular weight is 251 g/mol. The highest BCUT2D eigenvalue weighted by Gasteiger charge is 2.24. The van der Waals surface area contributed by atoms with Gasteiger partial charge in [0.05, 0.1) is 11.3 Å². The normalized spacial score (nSPS) is 10.3. The molecule has 0 radical (unpaired) electrons. The lowest BCUT2D eigenvalue weighted by Crippen LogP contribution is -2.33. The molecule has 0 bridgehead atoms. The van der Waals surface area contributed by atoms with Gasteiger partial charge in [-0.05, 0) is 12.1 Å². The summed E-state index contributed by atoms with van der Waals surface area (Å²) in [7, 11) is 0. The Labute approximate surface area is 98.8 Å². The van der Waals surface area contributed by atoms with Crippen LogP contribution in [0.15, 0.2) is 27.8 Å². The average Bonchev–Trinajstić information content (AvgIpc) is 2.39. The van der Waals surface area contributed by atoms with Crippen LogP contribution in [0.4, 0.5) is 15.9 Å². The summed E-state index contributed by atoms with van der Waals surface area (Å²) in [5.74, 6) is -1.17. The topological polar surface area (TPSA) is 92.7 Å². The molecule has 0 heterocycles. The number of rotatable bonds is 4. The number of benzene rings is 1. The zero-order valence-corrected chi connectivity index (χ0v) is 8.77. The number of para-hydroxylation sites is 1. The zero-order valence-electron chi connectivity index (χ0n) is 8.77. The van der Waals surface area contributed by atoms with E-state index in [9.17, 15) is 24.0 Å². The molecule has 18 heavy (non-hydrogen) atoms. The number of halogens is 1. The molecule has 0 fully saturated rings. The summed E-state index contributed by atoms with van der Waals surface area (Å²) in [6.45, 7) is 0. The van der Waals surface area contributed by atoms with Gasteiger partial charge in [-0.15, -0.1) is 0 Å². The Morgan fingerprint density at radius 1 is 1.28 bits per heavy atom. The minimum absolute atomic E-state index is 0.00926. The van der Waals surface area contributed by atoms with Gasteiger partial charge in [-0.2, -0.15) is 0 Å². The van der Waals surface area contributed by atoms with Gasteiger partial charge in [0.25, 0.3) is 16.6 Å². The number of anilines is 2. The smallest absolute Gasteiger partial charge is 0.276 e. The summed E-state index contributed by atoms with van der Waals surface area (Å²) in [6.07, 6.45) is 0.412. The number of carbonyl (C=O) groups excluding carboxylic acids is 1. The highest BCUT2D eigenvalue weighted by Crippen LogP contribution is 2.31. The minimum atomic E-state index is -1.09. The van der Waals surface area contributed by atoms with Crippen LogP contribution in [0.1, 0.15) is 10.4 Å². The predicted octanol–water partition coefficient (Wildman–Crippen LogP) is 0.808. The van der Waals surface area contributed by atoms with Crippen molar-refractivity contribution in [3.05, 3.63) is 44.2 Å². The molecule has 0 atom stereocenters. The molecule has 6 nitrogen and oxygen atoms in total. The van der Waals surface area contributed by atoms with Crippen molar-refractivity contribution < 1.29 is 19.4 Å². The Bertz CT molecular complexity index is 687. The van der Waals surface area contributed by atoms with Gasteiger partial charge in [0.15, 0.2) is 6.29 Å². The first kappa shape index (κ1) is 11.8. The standard InChI is InChI=1S/C11H6FNO5/c12-18-11-7(9(16)10(11)17)13-6-3-1-2-5(4-14)8(6)15/h1-4,13,15H. The van der Waals surface area contributed by atoms with Gasteiger partial charge in [0, 0.05) is 4.53 Å². The van der Waals surface area contributed by atoms with Crippen molar-refractivity contribution >= 4 is 17.7 Å². The minimum Gasteiger partial charge on any atom is -0.505 e. The first-order chi connectivity index (χ1) is 8.60. The van der Waals surface area contributed by atoms with Crippen LogP contribution in [-0.2, 0) is 0 Å². The van der Waals surface area contributed by atoms with E-state index in [1.54, 1.807) is 0 Å². The summed E-state index contributed by atoms with van der Waals surface area (Å²) < 4.78 is 12.0. The van der Waals surface area contributed by atoms with Crippen molar-refractivity contribution in [1.82, 2.24) is 0 Å². The Morgan fingerprint density at radius 3 is 2.61 bits per heavy atom. The fraction of sp³-hybridized carbons (Fsp3) is 0. The lowest BCUT2D eigenvalue weighted by molar-refractivity contribution is -0.00801. The molecule has 0 unspecified atom stereocenters. The molecule has 0 spiro atoms. The van der Waals surface area contributed by atoms with Crippen LogP contribution in [0.2, 0.25) is 0 Å². The third kappa shape index (κ3) is 1.61. The fourth-order valence-electron chi connectivity index (χ4n) is 1.45. The Hall–Kier alpha value is -2.70. The molecule has 92 valence electrons. The lowest BCUT2D eigenvalue weighted by Gasteiger charge is -2.11. The number of phenols is 1. The van der Waals surface area contributed by atoms with Crippen molar-refractivity contribution in [2.24, 2.45) is 0 Å². The molecule has 0 amide bonds. The largest absolute Gasteiger partial charge is 0.505 e. The molecule has 2 rings (SSSR count). The molecular weight excluding hydrogens is 245 g/mol. The molecule has 0 saturated carbocycles. The Kier molecular flexibility index (Phi) is 2.80. The van der Waals surface area contributed by atoms with E-state index in [0.29, 0.717) is 6.29 Å². The monoisotopic (exact) mass is 251 g/mol. The van der Waals surface area contributed by atoms with E-state index in [2.05, 4.69) is 10.3 Å². The molecule has 2 aromatic rings. The second-order valence-corrected chi connectivity index (χ2v) is 3.43. The maximum atomic E-state index is 12.0. The predicted molar refractivity (Wildman–Crippen MR) is 59.9 cm³/mol. The molecule has 0 aromatic heterocycles. The Balaban J connectivity index is 2.41. The summed E-state index contributed by atoms with van der Waals surface area (Å²) in [5.41, 5.74) is -2.48. The van der Waals surface area contributed by atoms with Crippen LogP contribution >= 0.6 is 0 Å². The van der Waals surface area contributed by atoms with Gasteiger partial charge in [-0.1, -0.05) is 6.07 Å². The summed E-state index contributed by atoms with van der Waals surface area (Å²) in [6, 6.07) is 4.14. The maximum Gasteiger partial charge on any atom is 0.276 e. The van der Waals surface area contributed by atoms with Crippen molar-refractivity contribution in [1.29, 1.82) is 0 Å². The Morgan fingerprint density at radius 2 is 2.00 bits per heavy atom. The van der Waals surface area contributed by atoms with Gasteiger partial charge in [-0.3, -0.25) is 19.3 Å². The summed E-state index contributed by atoms with van der Waals surface area (Å²) in [4.78, 5) is 35.8. The van der Waals surface area contributed by atoms with Crippen molar-refractivity contribution in [2.75, 3.05) is 5.32 Å². The van der Waals surface area contributed by atoms with Crippen LogP contribution in [0.5, 0.6) is 11.5 Å². The fourth-order valence-corrected chi connectivity index (χ4v) is 1.45. The summed E-state index contributed by atoms with van der Waals surface area (Å²) >= 11 is 0. The van der Waals surface area contributed by atoms with Crippen molar-refractivity contribution in [3.63, 3.8) is 0 Å². The SMILES string of the molecule is O=Cc1cccc(Nc2c(OF)c(=O)c2=O)c1O. The van der Waals surface area contributed by atoms with Gasteiger partial charge in [0.1, 0.15) is 11.4 Å². The highest BCUT2D eigenvalue weighted by molar-refractivity contribution is 5.85. The van der Waals surface area contributed by atoms with E-state index in [1.165, 1.54) is 18.2 Å². The van der Waals surface area contributed by atoms with Crippen molar-refractivity contribution in [2.45, 2.75) is 0 Å². The van der Waals surface area contributed by atoms with Gasteiger partial charge in [-0.25, -0.2) is 0 Å². The third-order valence-corrected chi connectivity index (χ3v) is 2.40. The zero-order chi connectivity index (χ0) is 13.3. The first-order valence-corrected chi connectivity index (χ1v) is 4.76. The number of nitrogens with one attached hydrogen (secondary N) is 1. The number of hydrogen-bond acceptors (Lipinski definition) is 6. The molecule has 2 aromatic carbocycles.